The van der Waals surface area contributed by atoms with Gasteiger partial charge in [-0.05, 0) is 92.4 Å². The number of nitrogens with zero attached hydrogens (tertiary/aromatic N) is 1. The number of carbonyl (C=O) groups is 1. The highest BCUT2D eigenvalue weighted by atomic mass is 19.1. The van der Waals surface area contributed by atoms with Crippen LogP contribution in [0.15, 0.2) is 48.5 Å². The standard InChI is InChI=1S/C27H35FN4O/c28-24-10-8-20(9-11-24)16-21-12-14-32(15-13-21)19-23-5-1-2-7-26(23)31-27(33)30-25-6-3-4-22(17-25)18-29/h3-4,6,8-11,17-18,21,23,26,29H,1-2,5,7,12-16,19H2,(H2,30,31,33)/t23-,26+/m0/s1. The van der Waals surface area contributed by atoms with E-state index in [2.05, 4.69) is 15.5 Å². The minimum absolute atomic E-state index is 0.160. The van der Waals surface area contributed by atoms with Gasteiger partial charge in [0.15, 0.2) is 0 Å². The molecule has 4 rings (SSSR count). The first-order valence-electron chi connectivity index (χ1n) is 12.2. The monoisotopic (exact) mass is 450 g/mol. The van der Waals surface area contributed by atoms with Crippen molar-refractivity contribution in [3.63, 3.8) is 0 Å². The number of benzene rings is 2. The molecule has 0 unspecified atom stereocenters. The molecule has 2 atom stereocenters. The fraction of sp³-hybridized carbons (Fsp3) is 0.481. The predicted molar refractivity (Wildman–Crippen MR) is 131 cm³/mol. The Morgan fingerprint density at radius 1 is 1.06 bits per heavy atom. The van der Waals surface area contributed by atoms with Crippen LogP contribution in [0, 0.1) is 23.1 Å². The van der Waals surface area contributed by atoms with Gasteiger partial charge in [0, 0.05) is 24.5 Å². The molecule has 2 aromatic carbocycles. The maximum Gasteiger partial charge on any atom is 0.319 e. The van der Waals surface area contributed by atoms with E-state index >= 15 is 0 Å². The molecule has 2 fully saturated rings. The van der Waals surface area contributed by atoms with Crippen molar-refractivity contribution in [1.29, 1.82) is 5.41 Å². The Labute approximate surface area is 196 Å². The Kier molecular flexibility index (Phi) is 8.10. The summed E-state index contributed by atoms with van der Waals surface area (Å²) in [6.45, 7) is 3.23. The molecule has 0 bridgehead atoms. The summed E-state index contributed by atoms with van der Waals surface area (Å²) in [6.07, 6.45) is 9.23. The summed E-state index contributed by atoms with van der Waals surface area (Å²) in [4.78, 5) is 15.2. The van der Waals surface area contributed by atoms with Gasteiger partial charge in [0.25, 0.3) is 0 Å². The third-order valence-electron chi connectivity index (χ3n) is 7.17. The van der Waals surface area contributed by atoms with E-state index in [1.54, 1.807) is 18.2 Å². The number of rotatable bonds is 7. The average molecular weight is 451 g/mol. The maximum atomic E-state index is 13.1. The molecule has 0 radical (unpaired) electrons. The third-order valence-corrected chi connectivity index (χ3v) is 7.17. The van der Waals surface area contributed by atoms with E-state index < -0.39 is 0 Å². The topological polar surface area (TPSA) is 68.2 Å². The van der Waals surface area contributed by atoms with Crippen LogP contribution in [0.1, 0.15) is 49.7 Å². The molecule has 3 N–H and O–H groups in total. The lowest BCUT2D eigenvalue weighted by Gasteiger charge is -2.39. The fourth-order valence-electron chi connectivity index (χ4n) is 5.32. The molecule has 176 valence electrons. The van der Waals surface area contributed by atoms with Crippen molar-refractivity contribution >= 4 is 17.9 Å². The molecule has 6 heteroatoms. The van der Waals surface area contributed by atoms with Crippen LogP contribution in [0.4, 0.5) is 14.9 Å². The molecule has 1 saturated carbocycles. The summed E-state index contributed by atoms with van der Waals surface area (Å²) >= 11 is 0. The van der Waals surface area contributed by atoms with Crippen LogP contribution in [0.2, 0.25) is 0 Å². The van der Waals surface area contributed by atoms with Crippen LogP contribution < -0.4 is 10.6 Å². The van der Waals surface area contributed by atoms with Gasteiger partial charge in [-0.15, -0.1) is 0 Å². The number of anilines is 1. The van der Waals surface area contributed by atoms with Crippen LogP contribution in [0.5, 0.6) is 0 Å². The Balaban J connectivity index is 1.25. The first kappa shape index (κ1) is 23.4. The number of amides is 2. The lowest BCUT2D eigenvalue weighted by molar-refractivity contribution is 0.130. The van der Waals surface area contributed by atoms with Crippen molar-refractivity contribution in [1.82, 2.24) is 10.2 Å². The molecule has 1 aliphatic heterocycles. The first-order chi connectivity index (χ1) is 16.1. The summed E-state index contributed by atoms with van der Waals surface area (Å²) in [5.74, 6) is 0.971. The number of halogens is 1. The number of hydrogen-bond donors (Lipinski definition) is 3. The van der Waals surface area contributed by atoms with E-state index in [9.17, 15) is 9.18 Å². The average Bonchev–Trinajstić information content (AvgIpc) is 2.83. The molecule has 2 aliphatic rings. The molecule has 0 aromatic heterocycles. The van der Waals surface area contributed by atoms with Crippen LogP contribution in [-0.2, 0) is 6.42 Å². The Hall–Kier alpha value is -2.73. The Morgan fingerprint density at radius 2 is 1.82 bits per heavy atom. The largest absolute Gasteiger partial charge is 0.335 e. The van der Waals surface area contributed by atoms with Crippen LogP contribution in [0.25, 0.3) is 0 Å². The minimum Gasteiger partial charge on any atom is -0.335 e. The Morgan fingerprint density at radius 3 is 2.58 bits per heavy atom. The Bertz CT molecular complexity index is 924. The van der Waals surface area contributed by atoms with Crippen molar-refractivity contribution < 1.29 is 9.18 Å². The van der Waals surface area contributed by atoms with E-state index in [4.69, 9.17) is 5.41 Å². The number of likely N-dealkylation sites (tertiary alicyclic amines) is 1. The van der Waals surface area contributed by atoms with E-state index in [1.807, 2.05) is 30.3 Å². The smallest absolute Gasteiger partial charge is 0.319 e. The van der Waals surface area contributed by atoms with Gasteiger partial charge in [-0.25, -0.2) is 9.18 Å². The molecule has 0 spiro atoms. The second-order valence-corrected chi connectivity index (χ2v) is 9.59. The van der Waals surface area contributed by atoms with E-state index in [1.165, 1.54) is 31.0 Å². The second kappa shape index (κ2) is 11.4. The van der Waals surface area contributed by atoms with Gasteiger partial charge in [0.05, 0.1) is 0 Å². The zero-order valence-corrected chi connectivity index (χ0v) is 19.2. The molecular formula is C27H35FN4O. The van der Waals surface area contributed by atoms with Gasteiger partial charge >= 0.3 is 6.03 Å². The molecule has 1 aliphatic carbocycles. The first-order valence-corrected chi connectivity index (χ1v) is 12.2. The number of hydrogen-bond acceptors (Lipinski definition) is 3. The molecule has 5 nitrogen and oxygen atoms in total. The van der Waals surface area contributed by atoms with Crippen molar-refractivity contribution in [2.75, 3.05) is 25.0 Å². The quantitative estimate of drug-likeness (QED) is 0.491. The highest BCUT2D eigenvalue weighted by Crippen LogP contribution is 2.28. The zero-order chi connectivity index (χ0) is 23.0. The fourth-order valence-corrected chi connectivity index (χ4v) is 5.32. The summed E-state index contributed by atoms with van der Waals surface area (Å²) in [5.41, 5.74) is 2.71. The SMILES string of the molecule is N=Cc1cccc(NC(=O)N[C@@H]2CCCC[C@H]2CN2CCC(Cc3ccc(F)cc3)CC2)c1. The van der Waals surface area contributed by atoms with Crippen molar-refractivity contribution in [3.8, 4) is 0 Å². The minimum atomic E-state index is -0.169. The van der Waals surface area contributed by atoms with Crippen molar-refractivity contribution in [2.45, 2.75) is 51.0 Å². The summed E-state index contributed by atoms with van der Waals surface area (Å²) in [7, 11) is 0. The summed E-state index contributed by atoms with van der Waals surface area (Å²) in [6, 6.07) is 14.3. The van der Waals surface area contributed by atoms with Gasteiger partial charge in [0.1, 0.15) is 5.82 Å². The van der Waals surface area contributed by atoms with Gasteiger partial charge < -0.3 is 20.9 Å². The number of piperidine rings is 1. The van der Waals surface area contributed by atoms with E-state index in [-0.39, 0.29) is 17.9 Å². The van der Waals surface area contributed by atoms with Gasteiger partial charge in [-0.1, -0.05) is 37.1 Å². The lowest BCUT2D eigenvalue weighted by Crippen LogP contribution is -2.48. The van der Waals surface area contributed by atoms with Gasteiger partial charge in [0.2, 0.25) is 0 Å². The van der Waals surface area contributed by atoms with Gasteiger partial charge in [-0.3, -0.25) is 0 Å². The zero-order valence-electron chi connectivity index (χ0n) is 19.2. The highest BCUT2D eigenvalue weighted by molar-refractivity contribution is 5.90. The van der Waals surface area contributed by atoms with Crippen LogP contribution in [0.3, 0.4) is 0 Å². The second-order valence-electron chi connectivity index (χ2n) is 9.59. The lowest BCUT2D eigenvalue weighted by atomic mass is 9.83. The molecule has 1 heterocycles. The highest BCUT2D eigenvalue weighted by Gasteiger charge is 2.29. The van der Waals surface area contributed by atoms with Crippen molar-refractivity contribution in [3.05, 3.63) is 65.5 Å². The third kappa shape index (κ3) is 6.87. The van der Waals surface area contributed by atoms with E-state index in [0.29, 0.717) is 17.5 Å². The van der Waals surface area contributed by atoms with Gasteiger partial charge in [-0.2, -0.15) is 0 Å². The molecular weight excluding hydrogens is 415 g/mol. The molecule has 2 amide bonds. The predicted octanol–water partition coefficient (Wildman–Crippen LogP) is 5.46. The van der Waals surface area contributed by atoms with Crippen LogP contribution >= 0.6 is 0 Å². The summed E-state index contributed by atoms with van der Waals surface area (Å²) in [5, 5.41) is 13.5. The maximum absolute atomic E-state index is 13.1. The number of nitrogens with one attached hydrogen (secondary N) is 3. The van der Waals surface area contributed by atoms with Crippen molar-refractivity contribution in [2.24, 2.45) is 11.8 Å². The molecule has 33 heavy (non-hydrogen) atoms. The normalized spacial score (nSPS) is 22.0. The van der Waals surface area contributed by atoms with Crippen LogP contribution in [-0.4, -0.2) is 42.8 Å². The number of urea groups is 1. The molecule has 2 aromatic rings. The van der Waals surface area contributed by atoms with E-state index in [0.717, 1.165) is 50.9 Å². The summed E-state index contributed by atoms with van der Waals surface area (Å²) < 4.78 is 13.1. The number of carbonyl (C=O) groups excluding carboxylic acids is 1. The molecule has 1 saturated heterocycles.